The zero-order valence-electron chi connectivity index (χ0n) is 16.4. The molecule has 2 saturated heterocycles. The molecule has 2 spiro atoms. The number of ether oxygens (including phenoxy) is 1. The normalized spacial score (nSPS) is 30.2. The van der Waals surface area contributed by atoms with Gasteiger partial charge in [-0.3, -0.25) is 4.79 Å². The van der Waals surface area contributed by atoms with Crippen LogP contribution in [0.15, 0.2) is 18.2 Å². The van der Waals surface area contributed by atoms with Crippen LogP contribution in [0.3, 0.4) is 0 Å². The van der Waals surface area contributed by atoms with Gasteiger partial charge in [-0.15, -0.1) is 0 Å². The predicted octanol–water partition coefficient (Wildman–Crippen LogP) is 4.03. The first-order valence-corrected chi connectivity index (χ1v) is 11.2. The van der Waals surface area contributed by atoms with Crippen LogP contribution in [0, 0.1) is 5.92 Å². The highest BCUT2D eigenvalue weighted by Crippen LogP contribution is 2.43. The van der Waals surface area contributed by atoms with Gasteiger partial charge in [0.05, 0.1) is 17.8 Å². The average molecular weight is 404 g/mol. The molecule has 1 amide bonds. The van der Waals surface area contributed by atoms with Crippen molar-refractivity contribution in [1.29, 1.82) is 0 Å². The Bertz CT molecular complexity index is 756. The van der Waals surface area contributed by atoms with Crippen LogP contribution in [0.2, 0.25) is 5.02 Å². The van der Waals surface area contributed by atoms with Crippen LogP contribution in [0.4, 0.5) is 5.69 Å². The third-order valence-corrected chi connectivity index (χ3v) is 7.45. The Morgan fingerprint density at radius 3 is 2.71 bits per heavy atom. The molecular weight excluding hydrogens is 374 g/mol. The molecule has 0 aromatic heterocycles. The fourth-order valence-electron chi connectivity index (χ4n) is 5.68. The number of carbonyl (C=O) groups is 1. The topological polar surface area (TPSA) is 53.6 Å². The molecular formula is C22H30ClN3O2. The van der Waals surface area contributed by atoms with Gasteiger partial charge in [-0.2, -0.15) is 0 Å². The van der Waals surface area contributed by atoms with Crippen LogP contribution in [-0.2, 0) is 4.74 Å². The van der Waals surface area contributed by atoms with E-state index in [-0.39, 0.29) is 11.5 Å². The van der Waals surface area contributed by atoms with Gasteiger partial charge < -0.3 is 20.3 Å². The standard InChI is InChI=1S/C22H30ClN3O2/c23-17-6-7-19-18(12-17)20(27)25-22(24-19)14-21(28-15-22)8-10-26(11-9-21)13-16-4-2-1-3-5-16/h6-7,12,16,24H,1-5,8-11,13-15H2,(H,25,27). The van der Waals surface area contributed by atoms with Gasteiger partial charge in [0.1, 0.15) is 5.66 Å². The number of carbonyl (C=O) groups excluding carboxylic acids is 1. The number of nitrogens with zero attached hydrogens (tertiary/aromatic N) is 1. The van der Waals surface area contributed by atoms with Crippen molar-refractivity contribution < 1.29 is 9.53 Å². The van der Waals surface area contributed by atoms with E-state index in [9.17, 15) is 4.79 Å². The van der Waals surface area contributed by atoms with E-state index < -0.39 is 5.66 Å². The highest BCUT2D eigenvalue weighted by atomic mass is 35.5. The highest BCUT2D eigenvalue weighted by molar-refractivity contribution is 6.31. The summed E-state index contributed by atoms with van der Waals surface area (Å²) < 4.78 is 6.37. The van der Waals surface area contributed by atoms with Crippen molar-refractivity contribution in [2.24, 2.45) is 5.92 Å². The number of hydrogen-bond acceptors (Lipinski definition) is 4. The minimum atomic E-state index is -0.497. The number of anilines is 1. The molecule has 1 aromatic rings. The Balaban J connectivity index is 1.23. The summed E-state index contributed by atoms with van der Waals surface area (Å²) in [7, 11) is 0. The number of nitrogens with one attached hydrogen (secondary N) is 2. The van der Waals surface area contributed by atoms with E-state index in [0.717, 1.165) is 44.0 Å². The lowest BCUT2D eigenvalue weighted by atomic mass is 9.83. The minimum Gasteiger partial charge on any atom is -0.370 e. The van der Waals surface area contributed by atoms with Gasteiger partial charge >= 0.3 is 0 Å². The molecule has 0 radical (unpaired) electrons. The Hall–Kier alpha value is -1.30. The molecule has 1 unspecified atom stereocenters. The minimum absolute atomic E-state index is 0.0633. The molecule has 1 atom stereocenters. The molecule has 5 rings (SSSR count). The van der Waals surface area contributed by atoms with Crippen LogP contribution < -0.4 is 10.6 Å². The summed E-state index contributed by atoms with van der Waals surface area (Å²) in [6, 6.07) is 5.45. The molecule has 1 aliphatic carbocycles. The first-order chi connectivity index (χ1) is 13.5. The van der Waals surface area contributed by atoms with Crippen molar-refractivity contribution in [3.05, 3.63) is 28.8 Å². The van der Waals surface area contributed by atoms with Gasteiger partial charge in [-0.1, -0.05) is 30.9 Å². The molecule has 2 N–H and O–H groups in total. The van der Waals surface area contributed by atoms with Gasteiger partial charge in [0.2, 0.25) is 0 Å². The highest BCUT2D eigenvalue weighted by Gasteiger charge is 2.53. The maximum absolute atomic E-state index is 12.7. The van der Waals surface area contributed by atoms with E-state index in [1.165, 1.54) is 38.6 Å². The van der Waals surface area contributed by atoms with Crippen LogP contribution in [0.1, 0.15) is 61.7 Å². The van der Waals surface area contributed by atoms with Gasteiger partial charge in [0, 0.05) is 36.8 Å². The van der Waals surface area contributed by atoms with E-state index >= 15 is 0 Å². The summed E-state index contributed by atoms with van der Waals surface area (Å²) in [5.74, 6) is 0.827. The fourth-order valence-corrected chi connectivity index (χ4v) is 5.85. The van der Waals surface area contributed by atoms with Crippen LogP contribution >= 0.6 is 11.6 Å². The molecule has 4 aliphatic rings. The Morgan fingerprint density at radius 1 is 1.14 bits per heavy atom. The molecule has 3 heterocycles. The maximum atomic E-state index is 12.7. The van der Waals surface area contributed by atoms with Gasteiger partial charge in [0.25, 0.3) is 5.91 Å². The van der Waals surface area contributed by atoms with Crippen molar-refractivity contribution in [2.75, 3.05) is 31.6 Å². The van der Waals surface area contributed by atoms with E-state index in [1.807, 2.05) is 12.1 Å². The molecule has 0 bridgehead atoms. The zero-order chi connectivity index (χ0) is 19.2. The molecule has 1 aromatic carbocycles. The first-order valence-electron chi connectivity index (χ1n) is 10.8. The number of benzene rings is 1. The third-order valence-electron chi connectivity index (χ3n) is 7.21. The molecule has 6 heteroatoms. The predicted molar refractivity (Wildman–Crippen MR) is 111 cm³/mol. The quantitative estimate of drug-likeness (QED) is 0.782. The summed E-state index contributed by atoms with van der Waals surface area (Å²) >= 11 is 6.06. The first kappa shape index (κ1) is 18.7. The Morgan fingerprint density at radius 2 is 1.93 bits per heavy atom. The monoisotopic (exact) mass is 403 g/mol. The second-order valence-corrected chi connectivity index (χ2v) is 9.74. The number of hydrogen-bond donors (Lipinski definition) is 2. The smallest absolute Gasteiger partial charge is 0.255 e. The molecule has 5 nitrogen and oxygen atoms in total. The largest absolute Gasteiger partial charge is 0.370 e. The van der Waals surface area contributed by atoms with Crippen molar-refractivity contribution in [3.63, 3.8) is 0 Å². The average Bonchev–Trinajstić information content (AvgIpc) is 3.03. The lowest BCUT2D eigenvalue weighted by Crippen LogP contribution is -2.59. The molecule has 1 saturated carbocycles. The second-order valence-electron chi connectivity index (χ2n) is 9.30. The number of piperidine rings is 1. The summed E-state index contributed by atoms with van der Waals surface area (Å²) in [6.45, 7) is 3.98. The maximum Gasteiger partial charge on any atom is 0.255 e. The SMILES string of the molecule is O=C1NC2(COC3(CCN(CC4CCCCC4)CC3)C2)Nc2ccc(Cl)cc21. The third kappa shape index (κ3) is 3.53. The number of amides is 1. The number of likely N-dealkylation sites (tertiary alicyclic amines) is 1. The lowest BCUT2D eigenvalue weighted by Gasteiger charge is -2.42. The summed E-state index contributed by atoms with van der Waals surface area (Å²) in [6.07, 6.45) is 9.97. The Kier molecular flexibility index (Phi) is 4.80. The van der Waals surface area contributed by atoms with E-state index in [0.29, 0.717) is 17.2 Å². The second kappa shape index (κ2) is 7.19. The van der Waals surface area contributed by atoms with Crippen LogP contribution in [0.5, 0.6) is 0 Å². The van der Waals surface area contributed by atoms with Gasteiger partial charge in [-0.05, 0) is 49.8 Å². The van der Waals surface area contributed by atoms with E-state index in [2.05, 4.69) is 15.5 Å². The van der Waals surface area contributed by atoms with Crippen molar-refractivity contribution in [1.82, 2.24) is 10.2 Å². The summed E-state index contributed by atoms with van der Waals surface area (Å²) in [5.41, 5.74) is 0.849. The van der Waals surface area contributed by atoms with Gasteiger partial charge in [-0.25, -0.2) is 0 Å². The van der Waals surface area contributed by atoms with Gasteiger partial charge in [0.15, 0.2) is 0 Å². The molecule has 3 fully saturated rings. The molecule has 28 heavy (non-hydrogen) atoms. The van der Waals surface area contributed by atoms with Crippen molar-refractivity contribution >= 4 is 23.2 Å². The van der Waals surface area contributed by atoms with E-state index in [4.69, 9.17) is 16.3 Å². The lowest BCUT2D eigenvalue weighted by molar-refractivity contribution is -0.0466. The molecule has 3 aliphatic heterocycles. The van der Waals surface area contributed by atoms with Crippen molar-refractivity contribution in [3.8, 4) is 0 Å². The van der Waals surface area contributed by atoms with E-state index in [1.54, 1.807) is 6.07 Å². The number of fused-ring (bicyclic) bond motifs is 1. The van der Waals surface area contributed by atoms with Crippen LogP contribution in [0.25, 0.3) is 0 Å². The fraction of sp³-hybridized carbons (Fsp3) is 0.682. The number of rotatable bonds is 2. The number of halogens is 1. The van der Waals surface area contributed by atoms with Crippen LogP contribution in [-0.4, -0.2) is 48.3 Å². The Labute approximate surface area is 172 Å². The molecule has 152 valence electrons. The van der Waals surface area contributed by atoms with Crippen molar-refractivity contribution in [2.45, 2.75) is 62.6 Å². The summed E-state index contributed by atoms with van der Waals surface area (Å²) in [4.78, 5) is 15.3. The zero-order valence-corrected chi connectivity index (χ0v) is 17.2. The summed E-state index contributed by atoms with van der Waals surface area (Å²) in [5, 5.41) is 7.31.